The smallest absolute Gasteiger partial charge is 0.241 e. The van der Waals surface area contributed by atoms with Gasteiger partial charge in [0.1, 0.15) is 0 Å². The Bertz CT molecular complexity index is 693. The summed E-state index contributed by atoms with van der Waals surface area (Å²) in [5.74, 6) is 0.0480. The van der Waals surface area contributed by atoms with Gasteiger partial charge >= 0.3 is 0 Å². The molecule has 1 amide bonds. The zero-order valence-electron chi connectivity index (χ0n) is 13.7. The van der Waals surface area contributed by atoms with Crippen LogP contribution < -0.4 is 16.0 Å². The van der Waals surface area contributed by atoms with E-state index in [1.54, 1.807) is 11.3 Å². The van der Waals surface area contributed by atoms with Gasteiger partial charge in [0.25, 0.3) is 0 Å². The minimum Gasteiger partial charge on any atom is -0.348 e. The van der Waals surface area contributed by atoms with Crippen LogP contribution in [0.3, 0.4) is 0 Å². The number of carbonyl (C=O) groups excluding carboxylic acids is 1. The molecule has 1 fully saturated rings. The Morgan fingerprint density at radius 2 is 2.17 bits per heavy atom. The Morgan fingerprint density at radius 1 is 1.43 bits per heavy atom. The third-order valence-electron chi connectivity index (χ3n) is 4.58. The summed E-state index contributed by atoms with van der Waals surface area (Å²) in [6.07, 6.45) is 3.37. The van der Waals surface area contributed by atoms with Crippen LogP contribution in [0.4, 0.5) is 10.8 Å². The maximum absolute atomic E-state index is 12.2. The molecule has 0 radical (unpaired) electrons. The molecule has 1 aliphatic heterocycles. The SMILES string of the molecule is CCC(C)C(N)C(=O)Nc1ccc2nc(N3CCCC3)sc2c1. The number of aromatic nitrogens is 1. The van der Waals surface area contributed by atoms with E-state index in [0.717, 1.165) is 40.5 Å². The molecule has 3 N–H and O–H groups in total. The zero-order chi connectivity index (χ0) is 16.4. The summed E-state index contributed by atoms with van der Waals surface area (Å²) in [5, 5.41) is 4.01. The number of thiazole rings is 1. The van der Waals surface area contributed by atoms with Crippen molar-refractivity contribution in [3.05, 3.63) is 18.2 Å². The van der Waals surface area contributed by atoms with Gasteiger partial charge in [0.05, 0.1) is 16.3 Å². The summed E-state index contributed by atoms with van der Waals surface area (Å²) in [7, 11) is 0. The number of nitrogens with zero attached hydrogens (tertiary/aromatic N) is 2. The minimum absolute atomic E-state index is 0.122. The average molecular weight is 332 g/mol. The highest BCUT2D eigenvalue weighted by atomic mass is 32.1. The molecule has 2 atom stereocenters. The van der Waals surface area contributed by atoms with Gasteiger partial charge < -0.3 is 16.0 Å². The number of hydrogen-bond acceptors (Lipinski definition) is 5. The molecule has 6 heteroatoms. The number of nitrogens with two attached hydrogens (primary N) is 1. The molecule has 2 unspecified atom stereocenters. The van der Waals surface area contributed by atoms with E-state index >= 15 is 0 Å². The largest absolute Gasteiger partial charge is 0.348 e. The van der Waals surface area contributed by atoms with Crippen molar-refractivity contribution in [2.45, 2.75) is 39.2 Å². The van der Waals surface area contributed by atoms with Gasteiger partial charge in [-0.25, -0.2) is 4.98 Å². The van der Waals surface area contributed by atoms with Gasteiger partial charge in [0.2, 0.25) is 5.91 Å². The van der Waals surface area contributed by atoms with Crippen LogP contribution in [-0.2, 0) is 4.79 Å². The number of hydrogen-bond donors (Lipinski definition) is 2. The van der Waals surface area contributed by atoms with Crippen LogP contribution in [0.25, 0.3) is 10.2 Å². The number of rotatable bonds is 5. The Hall–Kier alpha value is -1.66. The van der Waals surface area contributed by atoms with Gasteiger partial charge in [0, 0.05) is 18.8 Å². The Balaban J connectivity index is 1.76. The fourth-order valence-corrected chi connectivity index (χ4v) is 3.83. The van der Waals surface area contributed by atoms with Gasteiger partial charge in [-0.1, -0.05) is 31.6 Å². The van der Waals surface area contributed by atoms with Gasteiger partial charge in [-0.3, -0.25) is 4.79 Å². The zero-order valence-corrected chi connectivity index (χ0v) is 14.5. The van der Waals surface area contributed by atoms with Crippen LogP contribution in [0.1, 0.15) is 33.1 Å². The lowest BCUT2D eigenvalue weighted by molar-refractivity contribution is -0.118. The van der Waals surface area contributed by atoms with Gasteiger partial charge in [-0.15, -0.1) is 0 Å². The molecular formula is C17H24N4OS. The summed E-state index contributed by atoms with van der Waals surface area (Å²) in [4.78, 5) is 19.2. The van der Waals surface area contributed by atoms with Crippen molar-refractivity contribution in [3.63, 3.8) is 0 Å². The number of benzene rings is 1. The van der Waals surface area contributed by atoms with Gasteiger partial charge in [-0.05, 0) is 37.0 Å². The molecule has 2 heterocycles. The highest BCUT2D eigenvalue weighted by Crippen LogP contribution is 2.32. The Morgan fingerprint density at radius 3 is 2.87 bits per heavy atom. The van der Waals surface area contributed by atoms with Crippen LogP contribution in [0.15, 0.2) is 18.2 Å². The Kier molecular flexibility index (Phi) is 4.82. The molecule has 1 saturated heterocycles. The van der Waals surface area contributed by atoms with Crippen LogP contribution >= 0.6 is 11.3 Å². The van der Waals surface area contributed by atoms with E-state index < -0.39 is 6.04 Å². The normalized spacial score (nSPS) is 17.4. The molecule has 23 heavy (non-hydrogen) atoms. The Labute approximate surface area is 140 Å². The predicted octanol–water partition coefficient (Wildman–Crippen LogP) is 3.21. The first kappa shape index (κ1) is 16.2. The third-order valence-corrected chi connectivity index (χ3v) is 5.66. The molecule has 3 rings (SSSR count). The van der Waals surface area contributed by atoms with Crippen molar-refractivity contribution < 1.29 is 4.79 Å². The second-order valence-corrected chi connectivity index (χ2v) is 7.28. The molecular weight excluding hydrogens is 308 g/mol. The summed E-state index contributed by atoms with van der Waals surface area (Å²) in [5.41, 5.74) is 7.77. The van der Waals surface area contributed by atoms with Gasteiger partial charge in [0.15, 0.2) is 5.13 Å². The molecule has 1 aromatic heterocycles. The molecule has 124 valence electrons. The van der Waals surface area contributed by atoms with Crippen molar-refractivity contribution >= 4 is 38.3 Å². The van der Waals surface area contributed by atoms with Crippen LogP contribution in [0.2, 0.25) is 0 Å². The monoisotopic (exact) mass is 332 g/mol. The quantitative estimate of drug-likeness (QED) is 0.882. The first-order valence-electron chi connectivity index (χ1n) is 8.30. The van der Waals surface area contributed by atoms with E-state index in [1.807, 2.05) is 32.0 Å². The maximum Gasteiger partial charge on any atom is 0.241 e. The molecule has 0 saturated carbocycles. The number of carbonyl (C=O) groups is 1. The maximum atomic E-state index is 12.2. The lowest BCUT2D eigenvalue weighted by atomic mass is 9.99. The summed E-state index contributed by atoms with van der Waals surface area (Å²) >= 11 is 1.69. The number of nitrogens with one attached hydrogen (secondary N) is 1. The molecule has 0 aliphatic carbocycles. The predicted molar refractivity (Wildman–Crippen MR) is 97.1 cm³/mol. The molecule has 1 aliphatic rings. The second kappa shape index (κ2) is 6.84. The van der Waals surface area contributed by atoms with E-state index in [0.29, 0.717) is 0 Å². The highest BCUT2D eigenvalue weighted by molar-refractivity contribution is 7.22. The second-order valence-electron chi connectivity index (χ2n) is 6.27. The standard InChI is InChI=1S/C17H24N4OS/c1-3-11(2)15(18)16(22)19-12-6-7-13-14(10-12)23-17(20-13)21-8-4-5-9-21/h6-7,10-11,15H,3-5,8-9,18H2,1-2H3,(H,19,22). The van der Waals surface area contributed by atoms with Crippen molar-refractivity contribution in [1.82, 2.24) is 4.98 Å². The average Bonchev–Trinajstić information content (AvgIpc) is 3.21. The topological polar surface area (TPSA) is 71.2 Å². The van der Waals surface area contributed by atoms with Crippen LogP contribution in [0.5, 0.6) is 0 Å². The highest BCUT2D eigenvalue weighted by Gasteiger charge is 2.20. The summed E-state index contributed by atoms with van der Waals surface area (Å²) in [6, 6.07) is 5.39. The van der Waals surface area contributed by atoms with Crippen molar-refractivity contribution in [2.75, 3.05) is 23.3 Å². The first-order valence-corrected chi connectivity index (χ1v) is 9.12. The minimum atomic E-state index is -0.475. The number of anilines is 2. The number of fused-ring (bicyclic) bond motifs is 1. The lowest BCUT2D eigenvalue weighted by Gasteiger charge is -2.17. The van der Waals surface area contributed by atoms with Crippen LogP contribution in [0, 0.1) is 5.92 Å². The van der Waals surface area contributed by atoms with Crippen molar-refractivity contribution in [2.24, 2.45) is 11.7 Å². The molecule has 0 spiro atoms. The van der Waals surface area contributed by atoms with E-state index in [4.69, 9.17) is 10.7 Å². The van der Waals surface area contributed by atoms with E-state index in [-0.39, 0.29) is 11.8 Å². The van der Waals surface area contributed by atoms with Crippen molar-refractivity contribution in [3.8, 4) is 0 Å². The van der Waals surface area contributed by atoms with E-state index in [2.05, 4.69) is 10.2 Å². The van der Waals surface area contributed by atoms with Crippen LogP contribution in [-0.4, -0.2) is 30.0 Å². The number of amides is 1. The van der Waals surface area contributed by atoms with Crippen molar-refractivity contribution in [1.29, 1.82) is 0 Å². The molecule has 1 aromatic carbocycles. The summed E-state index contributed by atoms with van der Waals surface area (Å²) in [6.45, 7) is 6.22. The summed E-state index contributed by atoms with van der Waals surface area (Å²) < 4.78 is 1.10. The molecule has 5 nitrogen and oxygen atoms in total. The molecule has 0 bridgehead atoms. The lowest BCUT2D eigenvalue weighted by Crippen LogP contribution is -2.40. The third kappa shape index (κ3) is 3.48. The van der Waals surface area contributed by atoms with Gasteiger partial charge in [-0.2, -0.15) is 0 Å². The van der Waals surface area contributed by atoms with E-state index in [9.17, 15) is 4.79 Å². The first-order chi connectivity index (χ1) is 11.1. The molecule has 2 aromatic rings. The fourth-order valence-electron chi connectivity index (χ4n) is 2.77. The van der Waals surface area contributed by atoms with E-state index in [1.165, 1.54) is 12.8 Å². The fraction of sp³-hybridized carbons (Fsp3) is 0.529.